The molecule has 4 bridgehead atoms. The molecule has 0 unspecified atom stereocenters. The number of carbonyl (C=O) groups excluding carboxylic acids is 1. The van der Waals surface area contributed by atoms with Gasteiger partial charge in [-0.05, 0) is 60.9 Å². The van der Waals surface area contributed by atoms with Gasteiger partial charge in [0.15, 0.2) is 0 Å². The third-order valence-corrected chi connectivity index (χ3v) is 9.01. The average molecular weight is 629 g/mol. The van der Waals surface area contributed by atoms with E-state index in [9.17, 15) is 13.2 Å². The van der Waals surface area contributed by atoms with Gasteiger partial charge in [0.2, 0.25) is 11.8 Å². The Kier molecular flexibility index (Phi) is 8.93. The number of sulfonamides is 1. The first-order valence-corrected chi connectivity index (χ1v) is 16.5. The number of carbonyl (C=O) groups is 1. The van der Waals surface area contributed by atoms with E-state index >= 15 is 0 Å². The number of hydrogen-bond acceptors (Lipinski definition) is 8. The molecule has 0 fully saturated rings. The molecule has 45 heavy (non-hydrogen) atoms. The van der Waals surface area contributed by atoms with Crippen molar-refractivity contribution >= 4 is 21.9 Å². The van der Waals surface area contributed by atoms with Crippen LogP contribution in [0.2, 0.25) is 0 Å². The Morgan fingerprint density at radius 3 is 2.36 bits per heavy atom. The third kappa shape index (κ3) is 7.47. The lowest BCUT2D eigenvalue weighted by Gasteiger charge is -2.35. The summed E-state index contributed by atoms with van der Waals surface area (Å²) in [5.74, 6) is -0.0531. The van der Waals surface area contributed by atoms with Crippen molar-refractivity contribution in [3.63, 3.8) is 0 Å². The van der Waals surface area contributed by atoms with Gasteiger partial charge in [-0.25, -0.2) is 18.1 Å². The molecule has 2 aromatic carbocycles. The lowest BCUT2D eigenvalue weighted by atomic mass is 9.87. The average Bonchev–Trinajstić information content (AvgIpc) is 2.97. The molecule has 1 amide bonds. The van der Waals surface area contributed by atoms with Crippen LogP contribution in [-0.4, -0.2) is 51.8 Å². The maximum absolute atomic E-state index is 14.3. The number of rotatable bonds is 5. The van der Waals surface area contributed by atoms with Gasteiger partial charge in [-0.2, -0.15) is 4.98 Å². The standard InChI is InChI=1S/C34H40N6O4S/c1-21(2)29-18-35-25(17-36-29)19-40-26(16-34(5,6)7)20-44-30-15-28(31-22(3)10-8-11-23(31)4)37-33(38-30)39-45(42,43)27-13-9-12-24(14-27)32(40)41/h8-15,17-18,21,26H,16,19-20H2,1-7H3,(H,37,38,39)/t26-/m1/s1. The molecule has 3 heterocycles. The molecule has 10 nitrogen and oxygen atoms in total. The van der Waals surface area contributed by atoms with Crippen molar-refractivity contribution in [1.82, 2.24) is 24.8 Å². The Morgan fingerprint density at radius 2 is 1.71 bits per heavy atom. The highest BCUT2D eigenvalue weighted by atomic mass is 32.2. The minimum atomic E-state index is -4.16. The molecule has 1 atom stereocenters. The zero-order valence-electron chi connectivity index (χ0n) is 26.8. The Hall–Kier alpha value is -4.38. The van der Waals surface area contributed by atoms with Crippen molar-refractivity contribution in [1.29, 1.82) is 0 Å². The predicted octanol–water partition coefficient (Wildman–Crippen LogP) is 6.31. The zero-order valence-corrected chi connectivity index (χ0v) is 27.6. The van der Waals surface area contributed by atoms with Gasteiger partial charge in [-0.15, -0.1) is 0 Å². The van der Waals surface area contributed by atoms with Crippen LogP contribution in [0.5, 0.6) is 5.88 Å². The summed E-state index contributed by atoms with van der Waals surface area (Å²) < 4.78 is 36.0. The predicted molar refractivity (Wildman–Crippen MR) is 174 cm³/mol. The summed E-state index contributed by atoms with van der Waals surface area (Å²) in [4.78, 5) is 34.1. The SMILES string of the molecule is Cc1cccc(C)c1-c1cc2nc(n1)NS(=O)(=O)c1cccc(c1)C(=O)N(Cc1cnc(C(C)C)cn1)[C@H](CC(C)(C)C)CO2. The number of benzene rings is 2. The smallest absolute Gasteiger partial charge is 0.264 e. The summed E-state index contributed by atoms with van der Waals surface area (Å²) in [6.45, 7) is 14.6. The Bertz CT molecular complexity index is 1800. The first kappa shape index (κ1) is 32.0. The summed E-state index contributed by atoms with van der Waals surface area (Å²) in [6, 6.07) is 13.2. The van der Waals surface area contributed by atoms with E-state index in [1.54, 1.807) is 35.5 Å². The fraction of sp³-hybridized carbons (Fsp3) is 0.382. The molecular formula is C34H40N6O4S. The number of hydrogen-bond donors (Lipinski definition) is 1. The molecule has 0 radical (unpaired) electrons. The zero-order chi connectivity index (χ0) is 32.5. The monoisotopic (exact) mass is 628 g/mol. The van der Waals surface area contributed by atoms with E-state index in [-0.39, 0.29) is 52.7 Å². The molecule has 2 aromatic heterocycles. The summed E-state index contributed by atoms with van der Waals surface area (Å²) in [6.07, 6.45) is 4.02. The van der Waals surface area contributed by atoms with Gasteiger partial charge in [0.25, 0.3) is 15.9 Å². The van der Waals surface area contributed by atoms with Crippen LogP contribution in [-0.2, 0) is 16.6 Å². The van der Waals surface area contributed by atoms with E-state index in [4.69, 9.17) is 4.74 Å². The highest BCUT2D eigenvalue weighted by Crippen LogP contribution is 2.31. The van der Waals surface area contributed by atoms with E-state index in [0.29, 0.717) is 17.8 Å². The largest absolute Gasteiger partial charge is 0.475 e. The fourth-order valence-electron chi connectivity index (χ4n) is 5.47. The first-order valence-electron chi connectivity index (χ1n) is 15.0. The number of fused-ring (bicyclic) bond motifs is 4. The van der Waals surface area contributed by atoms with E-state index in [0.717, 1.165) is 22.4 Å². The van der Waals surface area contributed by atoms with E-state index in [1.807, 2.05) is 45.9 Å². The van der Waals surface area contributed by atoms with Gasteiger partial charge in [0.1, 0.15) is 6.61 Å². The van der Waals surface area contributed by atoms with Crippen molar-refractivity contribution < 1.29 is 17.9 Å². The van der Waals surface area contributed by atoms with Gasteiger partial charge in [-0.3, -0.25) is 14.8 Å². The fourth-order valence-corrected chi connectivity index (χ4v) is 6.46. The molecule has 1 aliphatic rings. The second-order valence-corrected chi connectivity index (χ2v) is 14.7. The normalized spacial score (nSPS) is 16.7. The van der Waals surface area contributed by atoms with Crippen molar-refractivity contribution in [3.8, 4) is 17.1 Å². The number of anilines is 1. The molecular weight excluding hydrogens is 588 g/mol. The number of amides is 1. The Labute approximate surface area is 265 Å². The second-order valence-electron chi connectivity index (χ2n) is 13.1. The summed E-state index contributed by atoms with van der Waals surface area (Å²) >= 11 is 0. The van der Waals surface area contributed by atoms with Crippen molar-refractivity contribution in [2.45, 2.75) is 78.3 Å². The maximum Gasteiger partial charge on any atom is 0.264 e. The molecule has 1 N–H and O–H groups in total. The molecule has 0 saturated heterocycles. The first-order chi connectivity index (χ1) is 21.2. The number of aryl methyl sites for hydroxylation is 2. The van der Waals surface area contributed by atoms with Crippen LogP contribution in [0.25, 0.3) is 11.3 Å². The van der Waals surface area contributed by atoms with E-state index in [1.165, 1.54) is 12.1 Å². The number of aromatic nitrogens is 4. The lowest BCUT2D eigenvalue weighted by Crippen LogP contribution is -2.45. The molecule has 0 aliphatic carbocycles. The van der Waals surface area contributed by atoms with Crippen LogP contribution < -0.4 is 9.46 Å². The van der Waals surface area contributed by atoms with Gasteiger partial charge in [-0.1, -0.05) is 58.9 Å². The molecule has 1 aliphatic heterocycles. The van der Waals surface area contributed by atoms with Crippen LogP contribution in [0.4, 0.5) is 5.95 Å². The number of ether oxygens (including phenoxy) is 1. The van der Waals surface area contributed by atoms with Crippen LogP contribution in [0.15, 0.2) is 65.8 Å². The van der Waals surface area contributed by atoms with Crippen LogP contribution in [0, 0.1) is 19.3 Å². The molecule has 11 heteroatoms. The molecule has 4 aromatic rings. The second kappa shape index (κ2) is 12.5. The molecule has 0 spiro atoms. The topological polar surface area (TPSA) is 127 Å². The minimum Gasteiger partial charge on any atom is -0.475 e. The lowest BCUT2D eigenvalue weighted by molar-refractivity contribution is 0.0509. The molecule has 5 rings (SSSR count). The van der Waals surface area contributed by atoms with E-state index in [2.05, 4.69) is 45.4 Å². The van der Waals surface area contributed by atoms with Crippen molar-refractivity contribution in [3.05, 3.63) is 89.0 Å². The highest BCUT2D eigenvalue weighted by molar-refractivity contribution is 7.92. The van der Waals surface area contributed by atoms with Gasteiger partial charge < -0.3 is 9.64 Å². The van der Waals surface area contributed by atoms with Crippen molar-refractivity contribution in [2.75, 3.05) is 11.3 Å². The number of nitrogens with zero attached hydrogens (tertiary/aromatic N) is 5. The van der Waals surface area contributed by atoms with E-state index < -0.39 is 16.1 Å². The minimum absolute atomic E-state index is 0.0791. The summed E-state index contributed by atoms with van der Waals surface area (Å²) in [5.41, 5.74) is 4.86. The maximum atomic E-state index is 14.3. The van der Waals surface area contributed by atoms with Gasteiger partial charge >= 0.3 is 0 Å². The quantitative estimate of drug-likeness (QED) is 0.272. The Balaban J connectivity index is 1.66. The van der Waals surface area contributed by atoms with Gasteiger partial charge in [0, 0.05) is 23.4 Å². The van der Waals surface area contributed by atoms with Crippen LogP contribution >= 0.6 is 0 Å². The molecule has 236 valence electrons. The number of nitrogens with one attached hydrogen (secondary N) is 1. The third-order valence-electron chi connectivity index (χ3n) is 7.68. The summed E-state index contributed by atoms with van der Waals surface area (Å²) in [7, 11) is -4.16. The van der Waals surface area contributed by atoms with Crippen LogP contribution in [0.1, 0.15) is 79.8 Å². The molecule has 0 saturated carbocycles. The van der Waals surface area contributed by atoms with Crippen LogP contribution in [0.3, 0.4) is 0 Å². The van der Waals surface area contributed by atoms with Gasteiger partial charge in [0.05, 0.1) is 40.8 Å². The summed E-state index contributed by atoms with van der Waals surface area (Å²) in [5, 5.41) is 0. The Morgan fingerprint density at radius 1 is 1.00 bits per heavy atom. The van der Waals surface area contributed by atoms with Crippen molar-refractivity contribution in [2.24, 2.45) is 5.41 Å². The highest BCUT2D eigenvalue weighted by Gasteiger charge is 2.32.